The van der Waals surface area contributed by atoms with Crippen molar-refractivity contribution in [1.29, 1.82) is 0 Å². The number of hydroxylamine groups is 1. The van der Waals surface area contributed by atoms with Crippen molar-refractivity contribution in [3.63, 3.8) is 0 Å². The zero-order valence-electron chi connectivity index (χ0n) is 14.3. The molecule has 1 aliphatic carbocycles. The average molecular weight is 346 g/mol. The zero-order chi connectivity index (χ0) is 17.9. The minimum Gasteiger partial charge on any atom is -0.334 e. The molecule has 3 aromatic rings. The van der Waals surface area contributed by atoms with E-state index in [0.29, 0.717) is 11.7 Å². The first-order valence-corrected chi connectivity index (χ1v) is 8.41. The van der Waals surface area contributed by atoms with E-state index in [2.05, 4.69) is 21.2 Å². The number of rotatable bonds is 4. The molecule has 0 saturated carbocycles. The van der Waals surface area contributed by atoms with Crippen LogP contribution in [0.25, 0.3) is 22.7 Å². The Hall–Kier alpha value is -3.25. The molecule has 6 nitrogen and oxygen atoms in total. The number of allylic oxidation sites excluding steroid dienone is 1. The first kappa shape index (κ1) is 16.2. The first-order valence-electron chi connectivity index (χ1n) is 8.41. The molecule has 0 radical (unpaired) electrons. The number of aliphatic imine (C=N–C) groups is 1. The number of hydrogen-bond donors (Lipinski definition) is 2. The predicted octanol–water partition coefficient (Wildman–Crippen LogP) is 3.87. The van der Waals surface area contributed by atoms with E-state index in [1.807, 2.05) is 54.9 Å². The Kier molecular flexibility index (Phi) is 4.33. The van der Waals surface area contributed by atoms with Crippen molar-refractivity contribution in [1.82, 2.24) is 15.6 Å². The van der Waals surface area contributed by atoms with Crippen LogP contribution in [0, 0.1) is 6.92 Å². The van der Waals surface area contributed by atoms with Gasteiger partial charge in [-0.15, -0.1) is 0 Å². The molecule has 2 aromatic carbocycles. The largest absolute Gasteiger partial charge is 0.334 e. The summed E-state index contributed by atoms with van der Waals surface area (Å²) in [5.74, 6) is 1.01. The van der Waals surface area contributed by atoms with Crippen molar-refractivity contribution in [2.75, 3.05) is 0 Å². The summed E-state index contributed by atoms with van der Waals surface area (Å²) in [7, 11) is 0. The van der Waals surface area contributed by atoms with Gasteiger partial charge in [-0.2, -0.15) is 4.98 Å². The van der Waals surface area contributed by atoms with Crippen LogP contribution in [0.3, 0.4) is 0 Å². The maximum Gasteiger partial charge on any atom is 0.256 e. The summed E-state index contributed by atoms with van der Waals surface area (Å²) in [6, 6.07) is 16.1. The summed E-state index contributed by atoms with van der Waals surface area (Å²) >= 11 is 0. The Labute approximate surface area is 150 Å². The molecule has 0 unspecified atom stereocenters. The van der Waals surface area contributed by atoms with Crippen molar-refractivity contribution in [3.05, 3.63) is 71.1 Å². The third-order valence-corrected chi connectivity index (χ3v) is 4.41. The van der Waals surface area contributed by atoms with Crippen molar-refractivity contribution in [2.45, 2.75) is 19.8 Å². The van der Waals surface area contributed by atoms with E-state index < -0.39 is 0 Å². The highest BCUT2D eigenvalue weighted by atomic mass is 16.5. The molecule has 6 heteroatoms. The van der Waals surface area contributed by atoms with Crippen LogP contribution in [0.15, 0.2) is 58.0 Å². The van der Waals surface area contributed by atoms with E-state index in [-0.39, 0.29) is 0 Å². The number of fused-ring (bicyclic) bond motifs is 1. The molecule has 0 amide bonds. The monoisotopic (exact) mass is 346 g/mol. The summed E-state index contributed by atoms with van der Waals surface area (Å²) in [6.45, 7) is 2.03. The fourth-order valence-electron chi connectivity index (χ4n) is 3.21. The zero-order valence-corrected chi connectivity index (χ0v) is 14.3. The van der Waals surface area contributed by atoms with E-state index in [1.165, 1.54) is 11.9 Å². The summed E-state index contributed by atoms with van der Waals surface area (Å²) in [5.41, 5.74) is 7.84. The molecule has 2 N–H and O–H groups in total. The molecule has 4 rings (SSSR count). The highest BCUT2D eigenvalue weighted by molar-refractivity contribution is 5.93. The normalized spacial score (nSPS) is 13.9. The van der Waals surface area contributed by atoms with Gasteiger partial charge in [0.05, 0.1) is 5.70 Å². The number of nitrogens with zero attached hydrogens (tertiary/aromatic N) is 3. The van der Waals surface area contributed by atoms with E-state index in [9.17, 15) is 0 Å². The van der Waals surface area contributed by atoms with Gasteiger partial charge < -0.3 is 4.52 Å². The number of benzene rings is 2. The van der Waals surface area contributed by atoms with Crippen LogP contribution in [0.5, 0.6) is 0 Å². The molecule has 26 heavy (non-hydrogen) atoms. The van der Waals surface area contributed by atoms with Gasteiger partial charge in [0.2, 0.25) is 5.82 Å². The Balaban J connectivity index is 1.80. The summed E-state index contributed by atoms with van der Waals surface area (Å²) in [4.78, 5) is 8.95. The standard InChI is InChI=1S/C20H18N4O2/c1-13-5-4-7-15(11-13)19-23-20(26-24-19)17-10-9-14-6-2-3-8-16(14)18(17)21-12-22-25/h2-8,11-12,25H,9-10H2,1H3,(H,21,22). The minimum absolute atomic E-state index is 0.459. The van der Waals surface area contributed by atoms with Gasteiger partial charge in [0.1, 0.15) is 6.34 Å². The molecule has 0 aliphatic heterocycles. The number of aromatic nitrogens is 2. The second-order valence-electron chi connectivity index (χ2n) is 6.16. The highest BCUT2D eigenvalue weighted by Crippen LogP contribution is 2.37. The molecule has 1 heterocycles. The SMILES string of the molecule is Cc1cccc(-c2noc(C3=C(N=CNO)c4ccccc4CC3)n2)c1. The van der Waals surface area contributed by atoms with Crippen LogP contribution in [0.1, 0.15) is 29.0 Å². The second kappa shape index (κ2) is 6.93. The molecule has 0 atom stereocenters. The van der Waals surface area contributed by atoms with E-state index >= 15 is 0 Å². The highest BCUT2D eigenvalue weighted by Gasteiger charge is 2.23. The van der Waals surface area contributed by atoms with E-state index in [0.717, 1.165) is 40.8 Å². The van der Waals surface area contributed by atoms with Crippen LogP contribution in [0.4, 0.5) is 0 Å². The summed E-state index contributed by atoms with van der Waals surface area (Å²) < 4.78 is 5.55. The molecule has 0 spiro atoms. The summed E-state index contributed by atoms with van der Waals surface area (Å²) in [6.07, 6.45) is 2.86. The van der Waals surface area contributed by atoms with Crippen LogP contribution < -0.4 is 5.48 Å². The molecule has 0 saturated heterocycles. The number of hydrogen-bond acceptors (Lipinski definition) is 5. The Morgan fingerprint density at radius 1 is 1.15 bits per heavy atom. The minimum atomic E-state index is 0.459. The van der Waals surface area contributed by atoms with Crippen molar-refractivity contribution < 1.29 is 9.73 Å². The lowest BCUT2D eigenvalue weighted by Gasteiger charge is -2.18. The van der Waals surface area contributed by atoms with Crippen LogP contribution in [-0.4, -0.2) is 21.7 Å². The topological polar surface area (TPSA) is 83.5 Å². The van der Waals surface area contributed by atoms with Crippen molar-refractivity contribution in [2.24, 2.45) is 4.99 Å². The van der Waals surface area contributed by atoms with Gasteiger partial charge in [-0.3, -0.25) is 10.7 Å². The molecular formula is C20H18N4O2. The van der Waals surface area contributed by atoms with Crippen LogP contribution >= 0.6 is 0 Å². The van der Waals surface area contributed by atoms with Crippen molar-refractivity contribution >= 4 is 17.6 Å². The van der Waals surface area contributed by atoms with Gasteiger partial charge in [0.25, 0.3) is 5.89 Å². The second-order valence-corrected chi connectivity index (χ2v) is 6.16. The molecule has 1 aliphatic rings. The number of aryl methyl sites for hydroxylation is 2. The molecule has 130 valence electrons. The Bertz CT molecular complexity index is 1000. The van der Waals surface area contributed by atoms with Gasteiger partial charge >= 0.3 is 0 Å². The van der Waals surface area contributed by atoms with Crippen molar-refractivity contribution in [3.8, 4) is 11.4 Å². The molecule has 0 fully saturated rings. The van der Waals surface area contributed by atoms with Gasteiger partial charge in [-0.25, -0.2) is 4.99 Å². The molecule has 0 bridgehead atoms. The van der Waals surface area contributed by atoms with E-state index in [1.54, 1.807) is 0 Å². The third kappa shape index (κ3) is 3.02. The Morgan fingerprint density at radius 3 is 2.88 bits per heavy atom. The predicted molar refractivity (Wildman–Crippen MR) is 99.5 cm³/mol. The van der Waals surface area contributed by atoms with Crippen LogP contribution in [0.2, 0.25) is 0 Å². The molecule has 1 aromatic heterocycles. The maximum atomic E-state index is 8.91. The average Bonchev–Trinajstić information content (AvgIpc) is 3.16. The lowest BCUT2D eigenvalue weighted by atomic mass is 9.89. The fraction of sp³-hybridized carbons (Fsp3) is 0.150. The maximum absolute atomic E-state index is 8.91. The van der Waals surface area contributed by atoms with Gasteiger partial charge in [-0.1, -0.05) is 53.2 Å². The van der Waals surface area contributed by atoms with Gasteiger partial charge in [0.15, 0.2) is 0 Å². The third-order valence-electron chi connectivity index (χ3n) is 4.41. The lowest BCUT2D eigenvalue weighted by molar-refractivity contribution is 0.240. The van der Waals surface area contributed by atoms with E-state index in [4.69, 9.17) is 9.73 Å². The van der Waals surface area contributed by atoms with Gasteiger partial charge in [-0.05, 0) is 31.4 Å². The first-order chi connectivity index (χ1) is 12.8. The Morgan fingerprint density at radius 2 is 2.04 bits per heavy atom. The lowest BCUT2D eigenvalue weighted by Crippen LogP contribution is -2.07. The quantitative estimate of drug-likeness (QED) is 0.426. The number of nitrogens with one attached hydrogen (secondary N) is 1. The van der Waals surface area contributed by atoms with Crippen LogP contribution in [-0.2, 0) is 6.42 Å². The summed E-state index contributed by atoms with van der Waals surface area (Å²) in [5, 5.41) is 13.0. The molecular weight excluding hydrogens is 328 g/mol. The van der Waals surface area contributed by atoms with Gasteiger partial charge in [0, 0.05) is 16.7 Å². The smallest absolute Gasteiger partial charge is 0.256 e. The fourth-order valence-corrected chi connectivity index (χ4v) is 3.21.